The van der Waals surface area contributed by atoms with Crippen LogP contribution < -0.4 is 4.18 Å². The van der Waals surface area contributed by atoms with E-state index in [1.165, 1.54) is 11.4 Å². The van der Waals surface area contributed by atoms with Gasteiger partial charge in [0.2, 0.25) is 0 Å². The molecule has 0 saturated carbocycles. The number of esters is 1. The fourth-order valence-corrected chi connectivity index (χ4v) is 2.41. The predicted octanol–water partition coefficient (Wildman–Crippen LogP) is 1.17. The van der Waals surface area contributed by atoms with Crippen LogP contribution in [0.1, 0.15) is 9.67 Å². The van der Waals surface area contributed by atoms with Gasteiger partial charge in [-0.05, 0) is 11.4 Å². The minimum atomic E-state index is -4.18. The van der Waals surface area contributed by atoms with Crippen LogP contribution in [0, 0.1) is 0 Å². The van der Waals surface area contributed by atoms with Gasteiger partial charge in [-0.25, -0.2) is 4.79 Å². The molecule has 1 aliphatic heterocycles. The molecule has 0 N–H and O–H groups in total. The predicted molar refractivity (Wildman–Crippen MR) is 59.7 cm³/mol. The highest BCUT2D eigenvalue weighted by molar-refractivity contribution is 8.10. The van der Waals surface area contributed by atoms with E-state index in [2.05, 4.69) is 4.18 Å². The summed E-state index contributed by atoms with van der Waals surface area (Å²) in [5, 5.41) is 1.51. The average molecular weight is 299 g/mol. The first-order chi connectivity index (χ1) is 7.96. The largest absolute Gasteiger partial charge is 0.453 e. The molecule has 0 unspecified atom stereocenters. The third-order valence-corrected chi connectivity index (χ3v) is 3.33. The van der Waals surface area contributed by atoms with Gasteiger partial charge in [-0.15, -0.1) is 11.3 Å². The summed E-state index contributed by atoms with van der Waals surface area (Å²) >= 11 is 1.01. The van der Waals surface area contributed by atoms with Gasteiger partial charge in [-0.3, -0.25) is 0 Å². The van der Waals surface area contributed by atoms with Crippen molar-refractivity contribution in [3.8, 4) is 5.75 Å². The molecule has 0 amide bonds. The highest BCUT2D eigenvalue weighted by atomic mass is 35.7. The van der Waals surface area contributed by atoms with Crippen molar-refractivity contribution in [1.82, 2.24) is 0 Å². The smallest absolute Gasteiger partial charge is 0.401 e. The summed E-state index contributed by atoms with van der Waals surface area (Å²) in [5.74, 6) is -0.779. The van der Waals surface area contributed by atoms with E-state index < -0.39 is 15.3 Å². The Kier molecular flexibility index (Phi) is 3.57. The molecular weight excluding hydrogens is 292 g/mol. The van der Waals surface area contributed by atoms with E-state index in [0.717, 1.165) is 11.3 Å². The number of thiophene rings is 1. The summed E-state index contributed by atoms with van der Waals surface area (Å²) in [4.78, 5) is 11.7. The number of halogens is 1. The van der Waals surface area contributed by atoms with Crippen LogP contribution in [0.4, 0.5) is 0 Å². The normalized spacial score (nSPS) is 16.3. The van der Waals surface area contributed by atoms with Crippen molar-refractivity contribution in [2.45, 2.75) is 6.10 Å². The summed E-state index contributed by atoms with van der Waals surface area (Å²) in [6.45, 7) is 0.697. The zero-order chi connectivity index (χ0) is 12.5. The first-order valence-electron chi connectivity index (χ1n) is 4.46. The molecule has 2 heterocycles. The highest BCUT2D eigenvalue weighted by Crippen LogP contribution is 2.28. The van der Waals surface area contributed by atoms with Crippen molar-refractivity contribution >= 4 is 37.3 Å². The Labute approximate surface area is 106 Å². The van der Waals surface area contributed by atoms with E-state index in [1.807, 2.05) is 0 Å². The van der Waals surface area contributed by atoms with Crippen LogP contribution in [-0.2, 0) is 18.8 Å². The molecule has 0 radical (unpaired) electrons. The van der Waals surface area contributed by atoms with Crippen LogP contribution in [0.3, 0.4) is 0 Å². The topological polar surface area (TPSA) is 78.9 Å². The molecule has 1 aromatic rings. The molecule has 0 aliphatic carbocycles. The van der Waals surface area contributed by atoms with Crippen LogP contribution in [0.2, 0.25) is 0 Å². The van der Waals surface area contributed by atoms with E-state index >= 15 is 0 Å². The molecule has 9 heteroatoms. The third kappa shape index (κ3) is 3.32. The number of carbonyl (C=O) groups is 1. The van der Waals surface area contributed by atoms with Crippen LogP contribution in [0.5, 0.6) is 5.75 Å². The second-order valence-electron chi connectivity index (χ2n) is 3.16. The van der Waals surface area contributed by atoms with Gasteiger partial charge < -0.3 is 13.7 Å². The molecule has 17 heavy (non-hydrogen) atoms. The van der Waals surface area contributed by atoms with Crippen molar-refractivity contribution < 1.29 is 26.9 Å². The third-order valence-electron chi connectivity index (χ3n) is 1.89. The van der Waals surface area contributed by atoms with Gasteiger partial charge in [0.15, 0.2) is 10.6 Å². The zero-order valence-corrected chi connectivity index (χ0v) is 10.7. The Hall–Kier alpha value is -0.830. The molecule has 0 aromatic carbocycles. The van der Waals surface area contributed by atoms with Gasteiger partial charge in [0.05, 0.1) is 23.9 Å². The van der Waals surface area contributed by atoms with Crippen LogP contribution in [0.25, 0.3) is 0 Å². The molecule has 1 aliphatic rings. The van der Waals surface area contributed by atoms with Gasteiger partial charge in [0.1, 0.15) is 6.10 Å². The highest BCUT2D eigenvalue weighted by Gasteiger charge is 2.27. The van der Waals surface area contributed by atoms with Crippen molar-refractivity contribution in [2.24, 2.45) is 0 Å². The molecule has 1 fully saturated rings. The lowest BCUT2D eigenvalue weighted by atomic mass is 10.3. The minimum Gasteiger partial charge on any atom is -0.453 e. The van der Waals surface area contributed by atoms with Crippen LogP contribution in [-0.4, -0.2) is 33.7 Å². The molecule has 94 valence electrons. The monoisotopic (exact) mass is 298 g/mol. The van der Waals surface area contributed by atoms with E-state index in [4.69, 9.17) is 20.2 Å². The Morgan fingerprint density at radius 2 is 2.24 bits per heavy atom. The van der Waals surface area contributed by atoms with Gasteiger partial charge in [-0.2, -0.15) is 8.42 Å². The summed E-state index contributed by atoms with van der Waals surface area (Å²) in [7, 11) is 0.751. The maximum atomic E-state index is 11.6. The molecule has 6 nitrogen and oxygen atoms in total. The van der Waals surface area contributed by atoms with Crippen molar-refractivity contribution in [3.63, 3.8) is 0 Å². The Morgan fingerprint density at radius 1 is 1.53 bits per heavy atom. The van der Waals surface area contributed by atoms with Gasteiger partial charge in [0.25, 0.3) is 0 Å². The maximum Gasteiger partial charge on any atom is 0.401 e. The molecule has 1 aromatic heterocycles. The number of hydrogen-bond donors (Lipinski definition) is 0. The average Bonchev–Trinajstić information content (AvgIpc) is 2.56. The van der Waals surface area contributed by atoms with E-state index in [0.29, 0.717) is 13.2 Å². The quantitative estimate of drug-likeness (QED) is 0.613. The molecule has 1 saturated heterocycles. The first-order valence-corrected chi connectivity index (χ1v) is 7.57. The van der Waals surface area contributed by atoms with Crippen molar-refractivity contribution in [1.29, 1.82) is 0 Å². The van der Waals surface area contributed by atoms with Crippen molar-refractivity contribution in [3.05, 3.63) is 16.3 Å². The Balaban J connectivity index is 2.09. The second-order valence-corrected chi connectivity index (χ2v) is 6.16. The van der Waals surface area contributed by atoms with Gasteiger partial charge in [-0.1, -0.05) is 0 Å². The summed E-state index contributed by atoms with van der Waals surface area (Å²) in [5.41, 5.74) is 0. The van der Waals surface area contributed by atoms with E-state index in [-0.39, 0.29) is 16.7 Å². The Bertz CT molecular complexity index is 518. The number of ether oxygens (including phenoxy) is 2. The molecule has 2 rings (SSSR count). The molecule has 0 spiro atoms. The molecular formula is C8H7ClO6S2. The fourth-order valence-electron chi connectivity index (χ4n) is 1.11. The SMILES string of the molecule is O=C(OC1COC1)c1sccc1OS(=O)(=O)Cl. The summed E-state index contributed by atoms with van der Waals surface area (Å²) in [6.07, 6.45) is -0.287. The van der Waals surface area contributed by atoms with Crippen molar-refractivity contribution in [2.75, 3.05) is 13.2 Å². The van der Waals surface area contributed by atoms with E-state index in [1.54, 1.807) is 0 Å². The first kappa shape index (κ1) is 12.6. The fraction of sp³-hybridized carbons (Fsp3) is 0.375. The number of rotatable bonds is 4. The summed E-state index contributed by atoms with van der Waals surface area (Å²) in [6, 6.07) is 1.33. The second kappa shape index (κ2) is 4.81. The Morgan fingerprint density at radius 3 is 2.76 bits per heavy atom. The van der Waals surface area contributed by atoms with Gasteiger partial charge >= 0.3 is 15.3 Å². The van der Waals surface area contributed by atoms with Crippen LogP contribution >= 0.6 is 22.0 Å². The zero-order valence-electron chi connectivity index (χ0n) is 8.29. The van der Waals surface area contributed by atoms with Crippen LogP contribution in [0.15, 0.2) is 11.4 Å². The molecule has 0 atom stereocenters. The lowest BCUT2D eigenvalue weighted by Crippen LogP contribution is -2.37. The lowest BCUT2D eigenvalue weighted by molar-refractivity contribution is -0.103. The standard InChI is InChI=1S/C8H7ClO6S2/c9-17(11,12)15-6-1-2-16-7(6)8(10)14-5-3-13-4-5/h1-2,5H,3-4H2. The molecule has 0 bridgehead atoms. The number of carbonyl (C=O) groups excluding carboxylic acids is 1. The van der Waals surface area contributed by atoms with Gasteiger partial charge in [0, 0.05) is 0 Å². The summed E-state index contributed by atoms with van der Waals surface area (Å²) < 4.78 is 35.8. The number of hydrogen-bond acceptors (Lipinski definition) is 7. The lowest BCUT2D eigenvalue weighted by Gasteiger charge is -2.25. The van der Waals surface area contributed by atoms with E-state index in [9.17, 15) is 13.2 Å². The minimum absolute atomic E-state index is 0.0566. The maximum absolute atomic E-state index is 11.6.